The summed E-state index contributed by atoms with van der Waals surface area (Å²) in [6.45, 7) is 0. The van der Waals surface area contributed by atoms with Gasteiger partial charge in [0.2, 0.25) is 0 Å². The molecule has 0 atom stereocenters. The highest BCUT2D eigenvalue weighted by molar-refractivity contribution is 9.18. The van der Waals surface area contributed by atoms with Gasteiger partial charge in [-0.3, -0.25) is 4.79 Å². The lowest BCUT2D eigenvalue weighted by molar-refractivity contribution is 0.270. The first-order valence-corrected chi connectivity index (χ1v) is 3.80. The largest absolute Gasteiger partial charge is 0.316 e. The third-order valence-electron chi connectivity index (χ3n) is 1.16. The summed E-state index contributed by atoms with van der Waals surface area (Å²) in [4.78, 5) is 9.89. The van der Waals surface area contributed by atoms with Gasteiger partial charge in [0.25, 0.3) is 4.82 Å². The standard InChI is InChI=1S/C7H4BrF2NO/c8-7(12)11-4-1-2-5(9)6(10)3-4/h1-3H,(H,11,12). The van der Waals surface area contributed by atoms with Crippen molar-refractivity contribution in [1.82, 2.24) is 0 Å². The van der Waals surface area contributed by atoms with Gasteiger partial charge in [-0.05, 0) is 12.1 Å². The minimum Gasteiger partial charge on any atom is -0.316 e. The second-order valence-corrected chi connectivity index (χ2v) is 2.75. The van der Waals surface area contributed by atoms with E-state index >= 15 is 0 Å². The highest BCUT2D eigenvalue weighted by Gasteiger charge is 2.03. The van der Waals surface area contributed by atoms with Crippen molar-refractivity contribution >= 4 is 26.4 Å². The molecule has 0 heterocycles. The summed E-state index contributed by atoms with van der Waals surface area (Å²) < 4.78 is 24.8. The molecule has 5 heteroatoms. The average molecular weight is 236 g/mol. The summed E-state index contributed by atoms with van der Waals surface area (Å²) >= 11 is 2.59. The van der Waals surface area contributed by atoms with E-state index in [0.29, 0.717) is 0 Å². The van der Waals surface area contributed by atoms with E-state index in [2.05, 4.69) is 21.2 Å². The fraction of sp³-hybridized carbons (Fsp3) is 0. The van der Waals surface area contributed by atoms with Crippen LogP contribution in [0.4, 0.5) is 19.3 Å². The molecule has 0 bridgehead atoms. The average Bonchev–Trinajstić information content (AvgIpc) is 1.96. The van der Waals surface area contributed by atoms with E-state index in [9.17, 15) is 13.6 Å². The lowest BCUT2D eigenvalue weighted by Crippen LogP contribution is -2.00. The summed E-state index contributed by atoms with van der Waals surface area (Å²) in [7, 11) is 0. The number of carbonyl (C=O) groups is 1. The number of anilines is 1. The molecule has 0 saturated heterocycles. The Balaban J connectivity index is 2.89. The van der Waals surface area contributed by atoms with Gasteiger partial charge < -0.3 is 5.32 Å². The van der Waals surface area contributed by atoms with E-state index in [1.807, 2.05) is 0 Å². The van der Waals surface area contributed by atoms with Crippen LogP contribution in [0.3, 0.4) is 0 Å². The summed E-state index contributed by atoms with van der Waals surface area (Å²) in [6.07, 6.45) is 0. The number of benzene rings is 1. The molecule has 2 nitrogen and oxygen atoms in total. The molecule has 0 unspecified atom stereocenters. The third kappa shape index (κ3) is 2.27. The van der Waals surface area contributed by atoms with E-state index in [0.717, 1.165) is 12.1 Å². The minimum absolute atomic E-state index is 0.204. The van der Waals surface area contributed by atoms with Gasteiger partial charge >= 0.3 is 0 Å². The molecule has 0 aliphatic heterocycles. The van der Waals surface area contributed by atoms with Crippen molar-refractivity contribution in [1.29, 1.82) is 0 Å². The number of nitrogens with one attached hydrogen (secondary N) is 1. The minimum atomic E-state index is -0.992. The molecule has 1 N–H and O–H groups in total. The zero-order valence-electron chi connectivity index (χ0n) is 5.77. The van der Waals surface area contributed by atoms with Gasteiger partial charge in [-0.25, -0.2) is 8.78 Å². The van der Waals surface area contributed by atoms with Crippen LogP contribution in [0.2, 0.25) is 0 Å². The van der Waals surface area contributed by atoms with Crippen molar-refractivity contribution < 1.29 is 13.6 Å². The molecule has 0 saturated carbocycles. The molecule has 1 aromatic rings. The Labute approximate surface area is 75.7 Å². The Morgan fingerprint density at radius 3 is 2.50 bits per heavy atom. The van der Waals surface area contributed by atoms with Crippen LogP contribution >= 0.6 is 15.9 Å². The van der Waals surface area contributed by atoms with Crippen molar-refractivity contribution in [3.8, 4) is 0 Å². The predicted molar refractivity (Wildman–Crippen MR) is 44.3 cm³/mol. The summed E-state index contributed by atoms with van der Waals surface area (Å²) in [6, 6.07) is 3.10. The molecular weight excluding hydrogens is 232 g/mol. The van der Waals surface area contributed by atoms with Crippen LogP contribution in [-0.2, 0) is 0 Å². The Bertz CT molecular complexity index is 316. The first-order chi connectivity index (χ1) is 5.59. The summed E-state index contributed by atoms with van der Waals surface area (Å²) in [5.74, 6) is -1.93. The molecule has 1 amide bonds. The molecule has 0 radical (unpaired) electrons. The molecule has 0 aliphatic rings. The van der Waals surface area contributed by atoms with Crippen LogP contribution < -0.4 is 5.32 Å². The van der Waals surface area contributed by atoms with Gasteiger partial charge in [-0.15, -0.1) is 0 Å². The highest BCUT2D eigenvalue weighted by Crippen LogP contribution is 2.13. The van der Waals surface area contributed by atoms with Crippen LogP contribution in [0.5, 0.6) is 0 Å². The summed E-state index contributed by atoms with van der Waals surface area (Å²) in [5, 5.41) is 2.24. The monoisotopic (exact) mass is 235 g/mol. The maximum Gasteiger partial charge on any atom is 0.291 e. The second-order valence-electron chi connectivity index (χ2n) is 2.03. The topological polar surface area (TPSA) is 29.1 Å². The lowest BCUT2D eigenvalue weighted by Gasteiger charge is -2.00. The van der Waals surface area contributed by atoms with Gasteiger partial charge in [0.1, 0.15) is 0 Å². The van der Waals surface area contributed by atoms with Crippen molar-refractivity contribution in [3.05, 3.63) is 29.8 Å². The molecule has 0 aliphatic carbocycles. The molecule has 0 fully saturated rings. The number of hydrogen-bond acceptors (Lipinski definition) is 1. The van der Waals surface area contributed by atoms with Crippen molar-refractivity contribution in [2.75, 3.05) is 5.32 Å². The van der Waals surface area contributed by atoms with E-state index in [4.69, 9.17) is 0 Å². The van der Waals surface area contributed by atoms with Gasteiger partial charge in [0, 0.05) is 27.7 Å². The normalized spacial score (nSPS) is 9.58. The van der Waals surface area contributed by atoms with Crippen LogP contribution in [0, 0.1) is 11.6 Å². The van der Waals surface area contributed by atoms with Crippen molar-refractivity contribution in [2.45, 2.75) is 0 Å². The maximum atomic E-state index is 12.5. The zero-order chi connectivity index (χ0) is 9.14. The maximum absolute atomic E-state index is 12.5. The van der Waals surface area contributed by atoms with Gasteiger partial charge in [-0.2, -0.15) is 0 Å². The summed E-state index contributed by atoms with van der Waals surface area (Å²) in [5.41, 5.74) is 0.204. The Kier molecular flexibility index (Phi) is 2.75. The molecule has 64 valence electrons. The van der Waals surface area contributed by atoms with E-state index in [-0.39, 0.29) is 5.69 Å². The van der Waals surface area contributed by atoms with Crippen LogP contribution in [0.15, 0.2) is 18.2 Å². The fourth-order valence-electron chi connectivity index (χ4n) is 0.687. The highest BCUT2D eigenvalue weighted by atomic mass is 79.9. The second kappa shape index (κ2) is 3.62. The van der Waals surface area contributed by atoms with Gasteiger partial charge in [0.15, 0.2) is 11.6 Å². The van der Waals surface area contributed by atoms with Crippen LogP contribution in [0.1, 0.15) is 0 Å². The van der Waals surface area contributed by atoms with Crippen molar-refractivity contribution in [3.63, 3.8) is 0 Å². The molecular formula is C7H4BrF2NO. The lowest BCUT2D eigenvalue weighted by atomic mass is 10.3. The molecule has 12 heavy (non-hydrogen) atoms. The SMILES string of the molecule is O=C(Br)Nc1ccc(F)c(F)c1. The molecule has 1 aromatic carbocycles. The molecule has 0 aromatic heterocycles. The number of hydrogen-bond donors (Lipinski definition) is 1. The van der Waals surface area contributed by atoms with Crippen LogP contribution in [-0.4, -0.2) is 4.82 Å². The fourth-order valence-corrected chi connectivity index (χ4v) is 0.916. The third-order valence-corrected chi connectivity index (χ3v) is 1.36. The zero-order valence-corrected chi connectivity index (χ0v) is 7.36. The first kappa shape index (κ1) is 9.12. The molecule has 1 rings (SSSR count). The van der Waals surface area contributed by atoms with E-state index < -0.39 is 16.5 Å². The number of amides is 1. The Hall–Kier alpha value is -0.970. The van der Waals surface area contributed by atoms with Crippen molar-refractivity contribution in [2.24, 2.45) is 0 Å². The number of carbonyl (C=O) groups excluding carboxylic acids is 1. The number of halogens is 3. The van der Waals surface area contributed by atoms with E-state index in [1.54, 1.807) is 0 Å². The quantitative estimate of drug-likeness (QED) is 0.589. The Morgan fingerprint density at radius 2 is 2.00 bits per heavy atom. The molecule has 0 spiro atoms. The Morgan fingerprint density at radius 1 is 1.33 bits per heavy atom. The van der Waals surface area contributed by atoms with Crippen LogP contribution in [0.25, 0.3) is 0 Å². The first-order valence-electron chi connectivity index (χ1n) is 3.01. The predicted octanol–water partition coefficient (Wildman–Crippen LogP) is 2.89. The number of rotatable bonds is 1. The smallest absolute Gasteiger partial charge is 0.291 e. The van der Waals surface area contributed by atoms with E-state index in [1.165, 1.54) is 6.07 Å². The van der Waals surface area contributed by atoms with Gasteiger partial charge in [-0.1, -0.05) is 0 Å². The van der Waals surface area contributed by atoms with Gasteiger partial charge in [0.05, 0.1) is 0 Å².